The molecule has 0 radical (unpaired) electrons. The van der Waals surface area contributed by atoms with Crippen LogP contribution in [0.2, 0.25) is 0 Å². The molecule has 0 saturated heterocycles. The number of rotatable bonds is 5. The van der Waals surface area contributed by atoms with E-state index < -0.39 is 9.84 Å². The third-order valence-corrected chi connectivity index (χ3v) is 7.43. The first-order chi connectivity index (χ1) is 9.95. The van der Waals surface area contributed by atoms with E-state index in [1.165, 1.54) is 5.56 Å². The zero-order valence-corrected chi connectivity index (χ0v) is 14.0. The Hall–Kier alpha value is -1.07. The Kier molecular flexibility index (Phi) is 4.94. The van der Waals surface area contributed by atoms with Gasteiger partial charge in [0.1, 0.15) is 5.75 Å². The summed E-state index contributed by atoms with van der Waals surface area (Å²) >= 11 is 0. The van der Waals surface area contributed by atoms with Crippen LogP contribution in [-0.2, 0) is 16.3 Å². The van der Waals surface area contributed by atoms with E-state index in [0.717, 1.165) is 17.7 Å². The van der Waals surface area contributed by atoms with Crippen molar-refractivity contribution in [3.8, 4) is 5.75 Å². The zero-order chi connectivity index (χ0) is 15.6. The van der Waals surface area contributed by atoms with Gasteiger partial charge in [-0.05, 0) is 56.5 Å². The molecule has 0 heterocycles. The number of methoxy groups -OCH3 is 1. The fourth-order valence-corrected chi connectivity index (χ4v) is 5.29. The van der Waals surface area contributed by atoms with E-state index in [0.29, 0.717) is 12.8 Å². The number of fused-ring (bicyclic) bond motifs is 1. The molecule has 2 rings (SSSR count). The van der Waals surface area contributed by atoms with Crippen molar-refractivity contribution in [3.05, 3.63) is 29.3 Å². The number of hydrogen-bond acceptors (Lipinski definition) is 4. The van der Waals surface area contributed by atoms with E-state index in [2.05, 4.69) is 5.32 Å². The summed E-state index contributed by atoms with van der Waals surface area (Å²) in [7, 11) is 0.360. The Morgan fingerprint density at radius 2 is 2.14 bits per heavy atom. The summed E-state index contributed by atoms with van der Waals surface area (Å²) in [5.74, 6) is 0.826. The van der Waals surface area contributed by atoms with Gasteiger partial charge in [0.05, 0.1) is 17.6 Å². The second-order valence-electron chi connectivity index (χ2n) is 5.72. The molecule has 1 aliphatic carbocycles. The molecule has 0 saturated carbocycles. The van der Waals surface area contributed by atoms with Crippen molar-refractivity contribution >= 4 is 9.84 Å². The van der Waals surface area contributed by atoms with Gasteiger partial charge in [0.2, 0.25) is 0 Å². The van der Waals surface area contributed by atoms with Crippen LogP contribution in [0.4, 0.5) is 0 Å². The van der Waals surface area contributed by atoms with Gasteiger partial charge >= 0.3 is 0 Å². The molecule has 0 fully saturated rings. The maximum absolute atomic E-state index is 12.8. The standard InChI is InChI=1S/C16H25NO3S/c1-5-11(2)21(18,19)15-9-6-12-10-13(20-4)7-8-14(12)16(15)17-3/h7-8,10-11,15-17H,5-6,9H2,1-4H3. The molecule has 1 N–H and O–H groups in total. The van der Waals surface area contributed by atoms with Crippen molar-refractivity contribution in [3.63, 3.8) is 0 Å². The Balaban J connectivity index is 2.41. The number of benzene rings is 1. The van der Waals surface area contributed by atoms with Crippen molar-refractivity contribution in [2.75, 3.05) is 14.2 Å². The molecule has 0 aromatic heterocycles. The van der Waals surface area contributed by atoms with Gasteiger partial charge in [0, 0.05) is 6.04 Å². The zero-order valence-electron chi connectivity index (χ0n) is 13.2. The summed E-state index contributed by atoms with van der Waals surface area (Å²) < 4.78 is 30.8. The monoisotopic (exact) mass is 311 g/mol. The van der Waals surface area contributed by atoms with Crippen LogP contribution >= 0.6 is 0 Å². The minimum atomic E-state index is -3.13. The lowest BCUT2D eigenvalue weighted by molar-refractivity contribution is 0.411. The highest BCUT2D eigenvalue weighted by molar-refractivity contribution is 7.92. The third-order valence-electron chi connectivity index (χ3n) is 4.62. The lowest BCUT2D eigenvalue weighted by atomic mass is 9.87. The van der Waals surface area contributed by atoms with E-state index in [1.807, 2.05) is 39.1 Å². The van der Waals surface area contributed by atoms with Gasteiger partial charge in [-0.15, -0.1) is 0 Å². The first-order valence-corrected chi connectivity index (χ1v) is 9.13. The minimum Gasteiger partial charge on any atom is -0.497 e. The fourth-order valence-electron chi connectivity index (χ4n) is 3.12. The Morgan fingerprint density at radius 1 is 1.43 bits per heavy atom. The van der Waals surface area contributed by atoms with Gasteiger partial charge in [0.25, 0.3) is 0 Å². The van der Waals surface area contributed by atoms with Gasteiger partial charge in [0.15, 0.2) is 9.84 Å². The molecule has 21 heavy (non-hydrogen) atoms. The highest BCUT2D eigenvalue weighted by Crippen LogP contribution is 2.37. The molecule has 3 atom stereocenters. The molecule has 1 aromatic carbocycles. The second-order valence-corrected chi connectivity index (χ2v) is 8.30. The highest BCUT2D eigenvalue weighted by atomic mass is 32.2. The number of nitrogens with one attached hydrogen (secondary N) is 1. The molecule has 0 bridgehead atoms. The van der Waals surface area contributed by atoms with Crippen molar-refractivity contribution in [1.29, 1.82) is 0 Å². The first kappa shape index (κ1) is 16.3. The fraction of sp³-hybridized carbons (Fsp3) is 0.625. The molecule has 118 valence electrons. The molecule has 5 heteroatoms. The summed E-state index contributed by atoms with van der Waals surface area (Å²) in [6.07, 6.45) is 2.11. The summed E-state index contributed by atoms with van der Waals surface area (Å²) in [5, 5.41) is 2.57. The van der Waals surface area contributed by atoms with E-state index in [1.54, 1.807) is 7.11 Å². The number of sulfone groups is 1. The van der Waals surface area contributed by atoms with Crippen molar-refractivity contribution in [1.82, 2.24) is 5.32 Å². The van der Waals surface area contributed by atoms with Crippen LogP contribution < -0.4 is 10.1 Å². The topological polar surface area (TPSA) is 55.4 Å². The van der Waals surface area contributed by atoms with Crippen LogP contribution in [0.5, 0.6) is 5.75 Å². The minimum absolute atomic E-state index is 0.140. The Morgan fingerprint density at radius 3 is 2.71 bits per heavy atom. The molecule has 1 aliphatic rings. The molecule has 0 amide bonds. The lowest BCUT2D eigenvalue weighted by Crippen LogP contribution is -2.42. The van der Waals surface area contributed by atoms with Crippen molar-refractivity contribution < 1.29 is 13.2 Å². The first-order valence-electron chi connectivity index (χ1n) is 7.52. The van der Waals surface area contributed by atoms with E-state index in [-0.39, 0.29) is 16.5 Å². The lowest BCUT2D eigenvalue weighted by Gasteiger charge is -2.34. The van der Waals surface area contributed by atoms with Crippen LogP contribution in [0.1, 0.15) is 43.9 Å². The van der Waals surface area contributed by atoms with Gasteiger partial charge in [-0.2, -0.15) is 0 Å². The van der Waals surface area contributed by atoms with Crippen LogP contribution in [0.15, 0.2) is 18.2 Å². The van der Waals surface area contributed by atoms with E-state index >= 15 is 0 Å². The quantitative estimate of drug-likeness (QED) is 0.907. The van der Waals surface area contributed by atoms with Crippen molar-refractivity contribution in [2.24, 2.45) is 0 Å². The predicted octanol–water partition coefficient (Wildman–Crippen LogP) is 2.48. The van der Waals surface area contributed by atoms with Crippen LogP contribution in [0.3, 0.4) is 0 Å². The highest BCUT2D eigenvalue weighted by Gasteiger charge is 2.39. The predicted molar refractivity (Wildman–Crippen MR) is 85.6 cm³/mol. The number of aryl methyl sites for hydroxylation is 1. The summed E-state index contributed by atoms with van der Waals surface area (Å²) in [6, 6.07) is 5.78. The van der Waals surface area contributed by atoms with Gasteiger partial charge < -0.3 is 10.1 Å². The Labute approximate surface area is 127 Å². The summed E-state index contributed by atoms with van der Waals surface area (Å²) in [5.41, 5.74) is 2.27. The Bertz CT molecular complexity index is 598. The molecular formula is C16H25NO3S. The van der Waals surface area contributed by atoms with E-state index in [9.17, 15) is 8.42 Å². The smallest absolute Gasteiger partial charge is 0.157 e. The van der Waals surface area contributed by atoms with Crippen LogP contribution in [0, 0.1) is 0 Å². The maximum atomic E-state index is 12.8. The van der Waals surface area contributed by atoms with E-state index in [4.69, 9.17) is 4.74 Å². The molecule has 0 spiro atoms. The SMILES string of the molecule is CCC(C)S(=O)(=O)C1CCc2cc(OC)ccc2C1NC. The summed E-state index contributed by atoms with van der Waals surface area (Å²) in [4.78, 5) is 0. The normalized spacial score (nSPS) is 23.4. The number of hydrogen-bond donors (Lipinski definition) is 1. The number of ether oxygens (including phenoxy) is 1. The largest absolute Gasteiger partial charge is 0.497 e. The molecule has 1 aromatic rings. The molecule has 3 unspecified atom stereocenters. The average molecular weight is 311 g/mol. The van der Waals surface area contributed by atoms with Crippen molar-refractivity contribution in [2.45, 2.75) is 49.7 Å². The average Bonchev–Trinajstić information content (AvgIpc) is 2.51. The van der Waals surface area contributed by atoms with Gasteiger partial charge in [-0.1, -0.05) is 13.0 Å². The molecular weight excluding hydrogens is 286 g/mol. The molecule has 0 aliphatic heterocycles. The van der Waals surface area contributed by atoms with Gasteiger partial charge in [-0.25, -0.2) is 8.42 Å². The maximum Gasteiger partial charge on any atom is 0.157 e. The molecule has 4 nitrogen and oxygen atoms in total. The third kappa shape index (κ3) is 2.94. The van der Waals surface area contributed by atoms with Crippen LogP contribution in [0.25, 0.3) is 0 Å². The van der Waals surface area contributed by atoms with Crippen LogP contribution in [-0.4, -0.2) is 33.1 Å². The second kappa shape index (κ2) is 6.36. The van der Waals surface area contributed by atoms with Gasteiger partial charge in [-0.3, -0.25) is 0 Å². The summed E-state index contributed by atoms with van der Waals surface area (Å²) in [6.45, 7) is 3.74.